The minimum atomic E-state index is -3.76. The van der Waals surface area contributed by atoms with Gasteiger partial charge >= 0.3 is 0 Å². The molecule has 2 N–H and O–H groups in total. The van der Waals surface area contributed by atoms with Gasteiger partial charge in [0.2, 0.25) is 0 Å². The van der Waals surface area contributed by atoms with Crippen LogP contribution in [0.1, 0.15) is 16.1 Å². The van der Waals surface area contributed by atoms with Crippen LogP contribution in [0.5, 0.6) is 0 Å². The van der Waals surface area contributed by atoms with Crippen molar-refractivity contribution in [2.24, 2.45) is 0 Å². The van der Waals surface area contributed by atoms with Crippen molar-refractivity contribution in [3.05, 3.63) is 83.3 Å². The molecule has 6 nitrogen and oxygen atoms in total. The van der Waals surface area contributed by atoms with Gasteiger partial charge in [-0.2, -0.15) is 0 Å². The summed E-state index contributed by atoms with van der Waals surface area (Å²) < 4.78 is 32.3. The van der Waals surface area contributed by atoms with E-state index in [1.807, 2.05) is 0 Å². The Kier molecular flexibility index (Phi) is 5.29. The summed E-state index contributed by atoms with van der Waals surface area (Å²) >= 11 is 6.14. The second-order valence-corrected chi connectivity index (χ2v) is 7.46. The van der Waals surface area contributed by atoms with Gasteiger partial charge in [0.15, 0.2) is 0 Å². The van der Waals surface area contributed by atoms with Crippen LogP contribution in [0.25, 0.3) is 0 Å². The first kappa shape index (κ1) is 18.0. The standard InChI is InChI=1S/C18H15ClN2O4S/c19-16-11-13(18(22)20-12-14-5-4-10-25-14)8-9-17(16)21-26(23,24)15-6-2-1-3-7-15/h1-11,21H,12H2,(H,20,22). The van der Waals surface area contributed by atoms with E-state index in [0.717, 1.165) is 0 Å². The molecule has 26 heavy (non-hydrogen) atoms. The SMILES string of the molecule is O=C(NCc1ccco1)c1ccc(NS(=O)(=O)c2ccccc2)c(Cl)c1. The van der Waals surface area contributed by atoms with Crippen molar-refractivity contribution < 1.29 is 17.6 Å². The third-order valence-electron chi connectivity index (χ3n) is 3.53. The van der Waals surface area contributed by atoms with Gasteiger partial charge in [0.05, 0.1) is 28.4 Å². The third kappa shape index (κ3) is 4.25. The van der Waals surface area contributed by atoms with Gasteiger partial charge < -0.3 is 9.73 Å². The fraction of sp³-hybridized carbons (Fsp3) is 0.0556. The van der Waals surface area contributed by atoms with Gasteiger partial charge in [-0.05, 0) is 42.5 Å². The lowest BCUT2D eigenvalue weighted by Gasteiger charge is -2.11. The maximum atomic E-state index is 12.3. The lowest BCUT2D eigenvalue weighted by Crippen LogP contribution is -2.22. The zero-order valence-electron chi connectivity index (χ0n) is 13.5. The Morgan fingerprint density at radius 1 is 1.04 bits per heavy atom. The summed E-state index contributed by atoms with van der Waals surface area (Å²) in [5, 5.41) is 2.81. The van der Waals surface area contributed by atoms with Crippen molar-refractivity contribution in [1.29, 1.82) is 0 Å². The Balaban J connectivity index is 1.72. The first-order valence-electron chi connectivity index (χ1n) is 7.64. The van der Waals surface area contributed by atoms with Crippen LogP contribution in [0.2, 0.25) is 5.02 Å². The molecule has 3 rings (SSSR count). The number of hydrogen-bond acceptors (Lipinski definition) is 4. The van der Waals surface area contributed by atoms with Crippen LogP contribution in [-0.4, -0.2) is 14.3 Å². The summed E-state index contributed by atoms with van der Waals surface area (Å²) in [6.45, 7) is 0.242. The number of carbonyl (C=O) groups excluding carboxylic acids is 1. The van der Waals surface area contributed by atoms with Crippen LogP contribution < -0.4 is 10.0 Å². The molecule has 3 aromatic rings. The van der Waals surface area contributed by atoms with Crippen molar-refractivity contribution in [3.8, 4) is 0 Å². The van der Waals surface area contributed by atoms with Gasteiger partial charge in [0.1, 0.15) is 5.76 Å². The molecule has 134 valence electrons. The largest absolute Gasteiger partial charge is 0.467 e. The number of rotatable bonds is 6. The summed E-state index contributed by atoms with van der Waals surface area (Å²) in [6.07, 6.45) is 1.52. The number of furan rings is 1. The highest BCUT2D eigenvalue weighted by Crippen LogP contribution is 2.26. The fourth-order valence-electron chi connectivity index (χ4n) is 2.23. The number of halogens is 1. The number of nitrogens with one attached hydrogen (secondary N) is 2. The number of benzene rings is 2. The molecule has 0 spiro atoms. The van der Waals surface area contributed by atoms with Crippen molar-refractivity contribution in [2.45, 2.75) is 11.4 Å². The minimum absolute atomic E-state index is 0.121. The molecule has 0 bridgehead atoms. The van der Waals surface area contributed by atoms with E-state index in [-0.39, 0.29) is 28.1 Å². The molecule has 1 amide bonds. The first-order chi connectivity index (χ1) is 12.5. The molecule has 1 aromatic heterocycles. The fourth-order valence-corrected chi connectivity index (χ4v) is 3.61. The summed E-state index contributed by atoms with van der Waals surface area (Å²) in [4.78, 5) is 12.3. The maximum absolute atomic E-state index is 12.3. The third-order valence-corrected chi connectivity index (χ3v) is 5.23. The van der Waals surface area contributed by atoms with Crippen molar-refractivity contribution in [1.82, 2.24) is 5.32 Å². The molecule has 2 aromatic carbocycles. The summed E-state index contributed by atoms with van der Waals surface area (Å²) in [6, 6.07) is 15.8. The summed E-state index contributed by atoms with van der Waals surface area (Å²) in [7, 11) is -3.76. The van der Waals surface area contributed by atoms with Gasteiger partial charge in [0.25, 0.3) is 15.9 Å². The monoisotopic (exact) mass is 390 g/mol. The molecule has 0 aliphatic rings. The van der Waals surface area contributed by atoms with Gasteiger partial charge in [-0.25, -0.2) is 8.42 Å². The number of anilines is 1. The molecule has 0 fully saturated rings. The average molecular weight is 391 g/mol. The highest BCUT2D eigenvalue weighted by molar-refractivity contribution is 7.92. The van der Waals surface area contributed by atoms with E-state index in [2.05, 4.69) is 10.0 Å². The number of amides is 1. The number of hydrogen-bond donors (Lipinski definition) is 2. The zero-order chi connectivity index (χ0) is 18.6. The lowest BCUT2D eigenvalue weighted by atomic mass is 10.2. The van der Waals surface area contributed by atoms with Gasteiger partial charge in [-0.1, -0.05) is 29.8 Å². The van der Waals surface area contributed by atoms with Gasteiger partial charge in [-0.3, -0.25) is 9.52 Å². The summed E-state index contributed by atoms with van der Waals surface area (Å²) in [5.74, 6) is 0.275. The van der Waals surface area contributed by atoms with Crippen molar-refractivity contribution in [3.63, 3.8) is 0 Å². The molecule has 0 radical (unpaired) electrons. The normalized spacial score (nSPS) is 11.1. The Labute approximate surface area is 155 Å². The molecule has 1 heterocycles. The average Bonchev–Trinajstić information content (AvgIpc) is 3.15. The highest BCUT2D eigenvalue weighted by Gasteiger charge is 2.16. The van der Waals surface area contributed by atoms with E-state index < -0.39 is 10.0 Å². The van der Waals surface area contributed by atoms with E-state index in [4.69, 9.17) is 16.0 Å². The predicted octanol–water partition coefficient (Wildman–Crippen LogP) is 3.66. The predicted molar refractivity (Wildman–Crippen MR) is 98.6 cm³/mol. The molecular weight excluding hydrogens is 376 g/mol. The van der Waals surface area contributed by atoms with Crippen LogP contribution >= 0.6 is 11.6 Å². The number of sulfonamides is 1. The van der Waals surface area contributed by atoms with E-state index in [9.17, 15) is 13.2 Å². The zero-order valence-corrected chi connectivity index (χ0v) is 15.0. The highest BCUT2D eigenvalue weighted by atomic mass is 35.5. The van der Waals surface area contributed by atoms with Crippen molar-refractivity contribution >= 4 is 33.2 Å². The maximum Gasteiger partial charge on any atom is 0.261 e. The quantitative estimate of drug-likeness (QED) is 0.672. The first-order valence-corrected chi connectivity index (χ1v) is 9.50. The van der Waals surface area contributed by atoms with E-state index >= 15 is 0 Å². The van der Waals surface area contributed by atoms with Crippen LogP contribution in [0.3, 0.4) is 0 Å². The second-order valence-electron chi connectivity index (χ2n) is 5.38. The molecule has 0 aliphatic carbocycles. The molecule has 0 aliphatic heterocycles. The molecule has 0 atom stereocenters. The van der Waals surface area contributed by atoms with E-state index in [1.54, 1.807) is 30.3 Å². The Bertz CT molecular complexity index is 1000. The summed E-state index contributed by atoms with van der Waals surface area (Å²) in [5.41, 5.74) is 0.502. The molecule has 0 saturated carbocycles. The topological polar surface area (TPSA) is 88.4 Å². The van der Waals surface area contributed by atoms with E-state index in [0.29, 0.717) is 11.3 Å². The molecule has 0 saturated heterocycles. The smallest absolute Gasteiger partial charge is 0.261 e. The lowest BCUT2D eigenvalue weighted by molar-refractivity contribution is 0.0948. The Morgan fingerprint density at radius 3 is 2.46 bits per heavy atom. The molecule has 0 unspecified atom stereocenters. The van der Waals surface area contributed by atoms with Crippen molar-refractivity contribution in [2.75, 3.05) is 4.72 Å². The van der Waals surface area contributed by atoms with Gasteiger partial charge in [-0.15, -0.1) is 0 Å². The number of carbonyl (C=O) groups is 1. The van der Waals surface area contributed by atoms with Crippen LogP contribution in [0.4, 0.5) is 5.69 Å². The van der Waals surface area contributed by atoms with Crippen LogP contribution in [-0.2, 0) is 16.6 Å². The molecule has 8 heteroatoms. The Morgan fingerprint density at radius 2 is 1.81 bits per heavy atom. The minimum Gasteiger partial charge on any atom is -0.467 e. The second kappa shape index (κ2) is 7.63. The van der Waals surface area contributed by atoms with Crippen LogP contribution in [0, 0.1) is 0 Å². The molecular formula is C18H15ClN2O4S. The van der Waals surface area contributed by atoms with Gasteiger partial charge in [0, 0.05) is 5.56 Å². The van der Waals surface area contributed by atoms with Crippen LogP contribution in [0.15, 0.2) is 76.2 Å². The Hall–Kier alpha value is -2.77. The van der Waals surface area contributed by atoms with E-state index in [1.165, 1.54) is 36.6 Å².